The molecule has 1 amide bonds. The third-order valence-corrected chi connectivity index (χ3v) is 4.80. The van der Waals surface area contributed by atoms with Crippen LogP contribution in [0.5, 0.6) is 5.75 Å². The normalized spacial score (nSPS) is 14.0. The second-order valence-electron chi connectivity index (χ2n) is 6.95. The molecule has 1 saturated carbocycles. The molecular weight excluding hydrogens is 358 g/mol. The molecule has 0 atom stereocenters. The maximum absolute atomic E-state index is 12.2. The van der Waals surface area contributed by atoms with Gasteiger partial charge in [0.1, 0.15) is 11.6 Å². The topological polar surface area (TPSA) is 82.4 Å². The van der Waals surface area contributed by atoms with Crippen molar-refractivity contribution in [3.8, 4) is 5.75 Å². The summed E-state index contributed by atoms with van der Waals surface area (Å²) in [5, 5.41) is 7.09. The van der Waals surface area contributed by atoms with E-state index < -0.39 is 5.97 Å². The molecular formula is C21H27N3O4. The van der Waals surface area contributed by atoms with Gasteiger partial charge in [0.05, 0.1) is 24.4 Å². The standard InChI is InChI=1S/C21H27N3O4/c1-2-3-14-27-18-10-8-16(9-11-18)21(26)28-15-20(25)23-19-12-13-22-24(19)17-6-4-5-7-17/h8-13,17H,2-7,14-15H2,1H3,(H,23,25). The van der Waals surface area contributed by atoms with Gasteiger partial charge in [0.25, 0.3) is 5.91 Å². The number of hydrogen-bond donors (Lipinski definition) is 1. The summed E-state index contributed by atoms with van der Waals surface area (Å²) in [5.74, 6) is 0.427. The highest BCUT2D eigenvalue weighted by Gasteiger charge is 2.20. The van der Waals surface area contributed by atoms with Crippen LogP contribution in [0.2, 0.25) is 0 Å². The number of rotatable bonds is 9. The molecule has 1 aliphatic carbocycles. The summed E-state index contributed by atoms with van der Waals surface area (Å²) in [6.45, 7) is 2.41. The molecule has 0 spiro atoms. The minimum atomic E-state index is -0.542. The lowest BCUT2D eigenvalue weighted by molar-refractivity contribution is -0.119. The highest BCUT2D eigenvalue weighted by Crippen LogP contribution is 2.31. The highest BCUT2D eigenvalue weighted by atomic mass is 16.5. The van der Waals surface area contributed by atoms with Gasteiger partial charge in [-0.3, -0.25) is 4.79 Å². The SMILES string of the molecule is CCCCOc1ccc(C(=O)OCC(=O)Nc2ccnn2C2CCCC2)cc1. The van der Waals surface area contributed by atoms with Gasteiger partial charge in [0.15, 0.2) is 6.61 Å². The van der Waals surface area contributed by atoms with Gasteiger partial charge in [0, 0.05) is 6.07 Å². The number of unbranched alkanes of at least 4 members (excludes halogenated alkanes) is 1. The molecule has 7 heteroatoms. The van der Waals surface area contributed by atoms with Gasteiger partial charge in [0.2, 0.25) is 0 Å². The average Bonchev–Trinajstić information content (AvgIpc) is 3.38. The van der Waals surface area contributed by atoms with Gasteiger partial charge >= 0.3 is 5.97 Å². The fourth-order valence-electron chi connectivity index (χ4n) is 3.27. The van der Waals surface area contributed by atoms with E-state index in [-0.39, 0.29) is 12.5 Å². The van der Waals surface area contributed by atoms with Gasteiger partial charge in [-0.2, -0.15) is 5.10 Å². The molecule has 0 unspecified atom stereocenters. The minimum Gasteiger partial charge on any atom is -0.494 e. The zero-order valence-corrected chi connectivity index (χ0v) is 16.2. The van der Waals surface area contributed by atoms with Gasteiger partial charge in [-0.1, -0.05) is 26.2 Å². The van der Waals surface area contributed by atoms with E-state index in [4.69, 9.17) is 9.47 Å². The Morgan fingerprint density at radius 2 is 1.93 bits per heavy atom. The molecule has 7 nitrogen and oxygen atoms in total. The average molecular weight is 385 g/mol. The molecule has 1 N–H and O–H groups in total. The minimum absolute atomic E-state index is 0.325. The smallest absolute Gasteiger partial charge is 0.338 e. The van der Waals surface area contributed by atoms with Crippen LogP contribution < -0.4 is 10.1 Å². The van der Waals surface area contributed by atoms with Crippen molar-refractivity contribution in [2.75, 3.05) is 18.5 Å². The van der Waals surface area contributed by atoms with Crippen molar-refractivity contribution in [2.45, 2.75) is 51.5 Å². The highest BCUT2D eigenvalue weighted by molar-refractivity contribution is 5.95. The Labute approximate surface area is 165 Å². The Balaban J connectivity index is 1.47. The molecule has 2 aromatic rings. The number of hydrogen-bond acceptors (Lipinski definition) is 5. The molecule has 1 heterocycles. The molecule has 1 aliphatic rings. The second-order valence-corrected chi connectivity index (χ2v) is 6.95. The summed E-state index contributed by atoms with van der Waals surface area (Å²) in [6, 6.07) is 8.81. The van der Waals surface area contributed by atoms with Gasteiger partial charge in [-0.25, -0.2) is 9.48 Å². The fraction of sp³-hybridized carbons (Fsp3) is 0.476. The fourth-order valence-corrected chi connectivity index (χ4v) is 3.27. The molecule has 0 saturated heterocycles. The van der Waals surface area contributed by atoms with E-state index in [9.17, 15) is 9.59 Å². The van der Waals surface area contributed by atoms with Crippen molar-refractivity contribution in [2.24, 2.45) is 0 Å². The summed E-state index contributed by atoms with van der Waals surface area (Å²) in [6.07, 6.45) is 8.21. The molecule has 1 aromatic carbocycles. The summed E-state index contributed by atoms with van der Waals surface area (Å²) in [5.41, 5.74) is 0.381. The molecule has 0 aliphatic heterocycles. The number of esters is 1. The van der Waals surface area contributed by atoms with E-state index in [2.05, 4.69) is 17.3 Å². The molecule has 1 fully saturated rings. The lowest BCUT2D eigenvalue weighted by atomic mass is 10.2. The van der Waals surface area contributed by atoms with E-state index in [1.54, 1.807) is 36.5 Å². The molecule has 150 valence electrons. The summed E-state index contributed by atoms with van der Waals surface area (Å²) < 4.78 is 12.5. The van der Waals surface area contributed by atoms with Crippen LogP contribution in [-0.4, -0.2) is 34.9 Å². The first-order valence-corrected chi connectivity index (χ1v) is 9.90. The van der Waals surface area contributed by atoms with Crippen molar-refractivity contribution in [1.82, 2.24) is 9.78 Å². The summed E-state index contributed by atoms with van der Waals surface area (Å²) >= 11 is 0. The number of nitrogens with zero attached hydrogens (tertiary/aromatic N) is 2. The van der Waals surface area contributed by atoms with Crippen molar-refractivity contribution < 1.29 is 19.1 Å². The van der Waals surface area contributed by atoms with Crippen molar-refractivity contribution in [3.05, 3.63) is 42.1 Å². The van der Waals surface area contributed by atoms with Crippen molar-refractivity contribution in [3.63, 3.8) is 0 Å². The number of nitrogens with one attached hydrogen (secondary N) is 1. The van der Waals surface area contributed by atoms with Crippen LogP contribution in [0.15, 0.2) is 36.5 Å². The largest absolute Gasteiger partial charge is 0.494 e. The van der Waals surface area contributed by atoms with E-state index in [1.807, 2.05) is 4.68 Å². The van der Waals surface area contributed by atoms with Gasteiger partial charge in [-0.15, -0.1) is 0 Å². The number of benzene rings is 1. The van der Waals surface area contributed by atoms with E-state index >= 15 is 0 Å². The predicted octanol–water partition coefficient (Wildman–Crippen LogP) is 3.97. The molecule has 28 heavy (non-hydrogen) atoms. The van der Waals surface area contributed by atoms with Crippen molar-refractivity contribution >= 4 is 17.7 Å². The number of ether oxygens (including phenoxy) is 2. The Morgan fingerprint density at radius 1 is 1.18 bits per heavy atom. The van der Waals surface area contributed by atoms with Crippen LogP contribution in [0.3, 0.4) is 0 Å². The van der Waals surface area contributed by atoms with Crippen LogP contribution in [-0.2, 0) is 9.53 Å². The maximum Gasteiger partial charge on any atom is 0.338 e. The van der Waals surface area contributed by atoms with Crippen LogP contribution in [0.25, 0.3) is 0 Å². The van der Waals surface area contributed by atoms with Crippen LogP contribution in [0.4, 0.5) is 5.82 Å². The number of carbonyl (C=O) groups is 2. The molecule has 1 aromatic heterocycles. The van der Waals surface area contributed by atoms with Crippen LogP contribution in [0, 0.1) is 0 Å². The quantitative estimate of drug-likeness (QED) is 0.522. The van der Waals surface area contributed by atoms with Crippen molar-refractivity contribution in [1.29, 1.82) is 0 Å². The first-order valence-electron chi connectivity index (χ1n) is 9.90. The van der Waals surface area contributed by atoms with E-state index in [1.165, 1.54) is 12.8 Å². The second kappa shape index (κ2) is 9.92. The first-order chi connectivity index (χ1) is 13.7. The lowest BCUT2D eigenvalue weighted by Crippen LogP contribution is -2.23. The Hall–Kier alpha value is -2.83. The molecule has 0 radical (unpaired) electrons. The Bertz CT molecular complexity index is 779. The van der Waals surface area contributed by atoms with Crippen LogP contribution >= 0.6 is 0 Å². The number of aromatic nitrogens is 2. The maximum atomic E-state index is 12.2. The zero-order valence-electron chi connectivity index (χ0n) is 16.2. The van der Waals surface area contributed by atoms with Gasteiger partial charge in [-0.05, 0) is 43.5 Å². The summed E-state index contributed by atoms with van der Waals surface area (Å²) in [4.78, 5) is 24.3. The third-order valence-electron chi connectivity index (χ3n) is 4.80. The number of carbonyl (C=O) groups excluding carboxylic acids is 2. The Kier molecular flexibility index (Phi) is 7.06. The lowest BCUT2D eigenvalue weighted by Gasteiger charge is -2.14. The molecule has 0 bridgehead atoms. The summed E-state index contributed by atoms with van der Waals surface area (Å²) in [7, 11) is 0. The number of anilines is 1. The van der Waals surface area contributed by atoms with E-state index in [0.717, 1.165) is 25.7 Å². The van der Waals surface area contributed by atoms with Gasteiger partial charge < -0.3 is 14.8 Å². The van der Waals surface area contributed by atoms with Crippen LogP contribution in [0.1, 0.15) is 61.8 Å². The monoisotopic (exact) mass is 385 g/mol. The first kappa shape index (κ1) is 19.9. The molecule has 3 rings (SSSR count). The Morgan fingerprint density at radius 3 is 2.64 bits per heavy atom. The zero-order chi connectivity index (χ0) is 19.8. The predicted molar refractivity (Wildman–Crippen MR) is 105 cm³/mol. The number of amides is 1. The third kappa shape index (κ3) is 5.34. The van der Waals surface area contributed by atoms with E-state index in [0.29, 0.717) is 29.8 Å².